The van der Waals surface area contributed by atoms with Gasteiger partial charge < -0.3 is 19.3 Å². The molecule has 0 spiro atoms. The topological polar surface area (TPSA) is 80.5 Å². The van der Waals surface area contributed by atoms with E-state index >= 15 is 0 Å². The molecular weight excluding hydrogens is 356 g/mol. The van der Waals surface area contributed by atoms with Crippen LogP contribution in [0.3, 0.4) is 0 Å². The van der Waals surface area contributed by atoms with Crippen molar-refractivity contribution >= 4 is 27.8 Å². The number of para-hydroxylation sites is 1. The summed E-state index contributed by atoms with van der Waals surface area (Å²) in [5.41, 5.74) is 1.80. The fraction of sp³-hybridized carbons (Fsp3) is 0.476. The summed E-state index contributed by atoms with van der Waals surface area (Å²) in [6.07, 6.45) is 2.87. The molecule has 3 aromatic rings. The van der Waals surface area contributed by atoms with Gasteiger partial charge in [-0.25, -0.2) is 4.98 Å². The van der Waals surface area contributed by atoms with Crippen molar-refractivity contribution in [1.82, 2.24) is 19.4 Å². The van der Waals surface area contributed by atoms with Crippen molar-refractivity contribution in [1.29, 1.82) is 0 Å². The number of aliphatic hydroxyl groups is 1. The SMILES string of the molecule is CCOCc1nc2cnc3ccccc3c2n1CC1(O)CCN(C(C)=O)CC1. The molecule has 7 heteroatoms. The van der Waals surface area contributed by atoms with Crippen molar-refractivity contribution in [2.45, 2.75) is 45.4 Å². The average Bonchev–Trinajstić information content (AvgIpc) is 3.04. The van der Waals surface area contributed by atoms with E-state index in [0.717, 1.165) is 27.8 Å². The lowest BCUT2D eigenvalue weighted by atomic mass is 9.91. The third kappa shape index (κ3) is 3.47. The minimum atomic E-state index is -0.884. The van der Waals surface area contributed by atoms with Crippen molar-refractivity contribution in [3.63, 3.8) is 0 Å². The quantitative estimate of drug-likeness (QED) is 0.733. The summed E-state index contributed by atoms with van der Waals surface area (Å²) in [7, 11) is 0. The molecule has 1 aliphatic rings. The Balaban J connectivity index is 1.75. The van der Waals surface area contributed by atoms with E-state index in [1.807, 2.05) is 31.2 Å². The lowest BCUT2D eigenvalue weighted by molar-refractivity contribution is -0.133. The van der Waals surface area contributed by atoms with E-state index in [1.54, 1.807) is 18.0 Å². The van der Waals surface area contributed by atoms with Gasteiger partial charge in [0.1, 0.15) is 17.9 Å². The summed E-state index contributed by atoms with van der Waals surface area (Å²) >= 11 is 0. The highest BCUT2D eigenvalue weighted by Gasteiger charge is 2.34. The molecule has 0 atom stereocenters. The first kappa shape index (κ1) is 18.8. The average molecular weight is 382 g/mol. The molecule has 1 aliphatic heterocycles. The molecule has 0 radical (unpaired) electrons. The number of hydrogen-bond acceptors (Lipinski definition) is 5. The first-order valence-electron chi connectivity index (χ1n) is 9.79. The molecule has 1 N–H and O–H groups in total. The van der Waals surface area contributed by atoms with Gasteiger partial charge in [0.05, 0.1) is 29.4 Å². The molecule has 1 aromatic carbocycles. The lowest BCUT2D eigenvalue weighted by Crippen LogP contribution is -2.48. The molecule has 0 bridgehead atoms. The van der Waals surface area contributed by atoms with Crippen molar-refractivity contribution in [2.75, 3.05) is 19.7 Å². The van der Waals surface area contributed by atoms with Gasteiger partial charge in [-0.2, -0.15) is 0 Å². The second-order valence-corrected chi connectivity index (χ2v) is 7.49. The predicted octanol–water partition coefficient (Wildman–Crippen LogP) is 2.49. The molecule has 4 rings (SSSR count). The van der Waals surface area contributed by atoms with E-state index in [9.17, 15) is 9.90 Å². The van der Waals surface area contributed by atoms with Gasteiger partial charge in [-0.15, -0.1) is 0 Å². The third-order valence-electron chi connectivity index (χ3n) is 5.59. The van der Waals surface area contributed by atoms with Crippen molar-refractivity contribution < 1.29 is 14.6 Å². The summed E-state index contributed by atoms with van der Waals surface area (Å²) in [4.78, 5) is 22.7. The summed E-state index contributed by atoms with van der Waals surface area (Å²) in [5, 5.41) is 12.3. The van der Waals surface area contributed by atoms with Crippen molar-refractivity contribution in [3.8, 4) is 0 Å². The zero-order valence-electron chi connectivity index (χ0n) is 16.4. The van der Waals surface area contributed by atoms with Crippen LogP contribution in [0.25, 0.3) is 21.9 Å². The molecule has 1 amide bonds. The molecule has 2 aromatic heterocycles. The van der Waals surface area contributed by atoms with Crippen LogP contribution in [0, 0.1) is 0 Å². The van der Waals surface area contributed by atoms with Crippen LogP contribution >= 0.6 is 0 Å². The Kier molecular flexibility index (Phi) is 5.03. The Morgan fingerprint density at radius 2 is 2.00 bits per heavy atom. The highest BCUT2D eigenvalue weighted by Crippen LogP contribution is 2.30. The maximum atomic E-state index is 11.6. The molecule has 3 heterocycles. The number of likely N-dealkylation sites (tertiary alicyclic amines) is 1. The second kappa shape index (κ2) is 7.48. The van der Waals surface area contributed by atoms with E-state index < -0.39 is 5.60 Å². The highest BCUT2D eigenvalue weighted by atomic mass is 16.5. The number of imidazole rings is 1. The smallest absolute Gasteiger partial charge is 0.219 e. The maximum Gasteiger partial charge on any atom is 0.219 e. The van der Waals surface area contributed by atoms with Crippen LogP contribution in [0.4, 0.5) is 0 Å². The number of carbonyl (C=O) groups is 1. The molecule has 0 unspecified atom stereocenters. The van der Waals surface area contributed by atoms with Gasteiger partial charge in [-0.1, -0.05) is 18.2 Å². The van der Waals surface area contributed by atoms with Gasteiger partial charge in [0.2, 0.25) is 5.91 Å². The lowest BCUT2D eigenvalue weighted by Gasteiger charge is -2.38. The zero-order valence-corrected chi connectivity index (χ0v) is 16.4. The Hall–Kier alpha value is -2.51. The van der Waals surface area contributed by atoms with Crippen LogP contribution < -0.4 is 0 Å². The number of hydrogen-bond donors (Lipinski definition) is 1. The Labute approximate surface area is 163 Å². The number of nitrogens with zero attached hydrogens (tertiary/aromatic N) is 4. The fourth-order valence-corrected chi connectivity index (χ4v) is 3.97. The van der Waals surface area contributed by atoms with Crippen molar-refractivity contribution in [3.05, 3.63) is 36.3 Å². The van der Waals surface area contributed by atoms with Gasteiger partial charge >= 0.3 is 0 Å². The van der Waals surface area contributed by atoms with E-state index in [1.165, 1.54) is 0 Å². The fourth-order valence-electron chi connectivity index (χ4n) is 3.97. The minimum absolute atomic E-state index is 0.0595. The number of rotatable bonds is 5. The van der Waals surface area contributed by atoms with Gasteiger partial charge in [-0.3, -0.25) is 9.78 Å². The number of ether oxygens (including phenoxy) is 1. The third-order valence-corrected chi connectivity index (χ3v) is 5.59. The molecule has 7 nitrogen and oxygen atoms in total. The molecule has 0 saturated carbocycles. The number of amides is 1. The predicted molar refractivity (Wildman–Crippen MR) is 107 cm³/mol. The number of carbonyl (C=O) groups excluding carboxylic acids is 1. The molecule has 1 fully saturated rings. The molecule has 28 heavy (non-hydrogen) atoms. The number of pyridine rings is 1. The number of benzene rings is 1. The Morgan fingerprint density at radius 1 is 1.25 bits per heavy atom. The summed E-state index contributed by atoms with van der Waals surface area (Å²) in [5.74, 6) is 0.849. The van der Waals surface area contributed by atoms with E-state index in [-0.39, 0.29) is 5.91 Å². The van der Waals surface area contributed by atoms with Gasteiger partial charge in [0.25, 0.3) is 0 Å². The van der Waals surface area contributed by atoms with Gasteiger partial charge in [-0.05, 0) is 25.8 Å². The monoisotopic (exact) mass is 382 g/mol. The number of aromatic nitrogens is 3. The first-order valence-corrected chi connectivity index (χ1v) is 9.79. The first-order chi connectivity index (χ1) is 13.5. The van der Waals surface area contributed by atoms with Crippen LogP contribution in [-0.4, -0.2) is 55.7 Å². The summed E-state index contributed by atoms with van der Waals surface area (Å²) < 4.78 is 7.72. The molecule has 148 valence electrons. The van der Waals surface area contributed by atoms with Gasteiger partial charge in [0.15, 0.2) is 0 Å². The largest absolute Gasteiger partial charge is 0.388 e. The standard InChI is InChI=1S/C21H26N4O3/c1-3-28-13-19-23-18-12-22-17-7-5-4-6-16(17)20(18)25(19)14-21(27)8-10-24(11-9-21)15(2)26/h4-7,12,27H,3,8-11,13-14H2,1-2H3. The van der Waals surface area contributed by atoms with Crippen molar-refractivity contribution in [2.24, 2.45) is 0 Å². The Bertz CT molecular complexity index is 1010. The summed E-state index contributed by atoms with van der Waals surface area (Å²) in [6.45, 7) is 6.08. The van der Waals surface area contributed by atoms with Crippen LogP contribution in [0.5, 0.6) is 0 Å². The molecule has 1 saturated heterocycles. The van der Waals surface area contributed by atoms with Crippen LogP contribution in [0.1, 0.15) is 32.5 Å². The number of fused-ring (bicyclic) bond motifs is 3. The summed E-state index contributed by atoms with van der Waals surface area (Å²) in [6, 6.07) is 7.97. The van der Waals surface area contributed by atoms with Crippen LogP contribution in [-0.2, 0) is 22.7 Å². The molecule has 0 aliphatic carbocycles. The van der Waals surface area contributed by atoms with E-state index in [2.05, 4.69) is 9.55 Å². The van der Waals surface area contributed by atoms with E-state index in [0.29, 0.717) is 45.7 Å². The van der Waals surface area contributed by atoms with Crippen LogP contribution in [0.15, 0.2) is 30.5 Å². The molecular formula is C21H26N4O3. The number of piperidine rings is 1. The highest BCUT2D eigenvalue weighted by molar-refractivity contribution is 6.02. The Morgan fingerprint density at radius 3 is 2.71 bits per heavy atom. The zero-order chi connectivity index (χ0) is 19.7. The minimum Gasteiger partial charge on any atom is -0.388 e. The second-order valence-electron chi connectivity index (χ2n) is 7.49. The normalized spacial score (nSPS) is 16.8. The van der Waals surface area contributed by atoms with E-state index in [4.69, 9.17) is 9.72 Å². The van der Waals surface area contributed by atoms with Gasteiger partial charge in [0, 0.05) is 32.0 Å². The maximum absolute atomic E-state index is 11.6. The van der Waals surface area contributed by atoms with Crippen LogP contribution in [0.2, 0.25) is 0 Å².